The van der Waals surface area contributed by atoms with Crippen molar-refractivity contribution in [3.8, 4) is 0 Å². The van der Waals surface area contributed by atoms with Crippen molar-refractivity contribution >= 4 is 42.2 Å². The van der Waals surface area contributed by atoms with Crippen molar-refractivity contribution in [3.63, 3.8) is 0 Å². The van der Waals surface area contributed by atoms with Gasteiger partial charge in [0.1, 0.15) is 0 Å². The van der Waals surface area contributed by atoms with Crippen molar-refractivity contribution in [2.75, 3.05) is 0 Å². The first kappa shape index (κ1) is 36.1. The summed E-state index contributed by atoms with van der Waals surface area (Å²) in [4.78, 5) is 26.4. The van der Waals surface area contributed by atoms with Crippen molar-refractivity contribution in [1.29, 1.82) is 0 Å². The summed E-state index contributed by atoms with van der Waals surface area (Å²) >= 11 is 0. The molecular weight excluding hydrogens is 725 g/mol. The number of hydrogen-bond acceptors (Lipinski definition) is 1. The zero-order chi connectivity index (χ0) is 39.5. The largest absolute Gasteiger partial charge is 0.355 e. The summed E-state index contributed by atoms with van der Waals surface area (Å²) in [6.07, 6.45) is 21.5. The molecule has 0 saturated heterocycles. The summed E-state index contributed by atoms with van der Waals surface area (Å²) in [5.74, 6) is 0. The van der Waals surface area contributed by atoms with Crippen molar-refractivity contribution in [2.45, 2.75) is 44.2 Å². The highest BCUT2D eigenvalue weighted by Crippen LogP contribution is 2.32. The van der Waals surface area contributed by atoms with Crippen LogP contribution < -0.4 is 30.5 Å². The van der Waals surface area contributed by atoms with Crippen LogP contribution in [0, 0.1) is 0 Å². The Balaban J connectivity index is 1.04. The van der Waals surface area contributed by atoms with Crippen LogP contribution in [0.4, 0.5) is 0 Å². The Morgan fingerprint density at radius 1 is 0.559 bits per heavy atom. The van der Waals surface area contributed by atoms with Crippen LogP contribution >= 0.6 is 0 Å². The molecule has 288 valence electrons. The standard InChI is InChI=1S/C52H45N6O/c59-35-39-29-45-32-44-28-38(50(55-44)33-42-19-17-40(53-42)31-41-18-20-43(54-41)34-51(39)56-45)30-49(37-13-5-2-6-14-37)52-16-8-10-26-58(52)47-23-21-46(22-24-47)57-25-9-7-15-48(57)27-36-11-3-1-4-12-36/h1-20,25-26,28-35,46-47H,21-24,27H2,(H3,53,54,55,56)/q+1/p+1. The Kier molecular flexibility index (Phi) is 9.76. The number of nitrogens with zero attached hydrogens (tertiary/aromatic N) is 2. The van der Waals surface area contributed by atoms with Gasteiger partial charge in [0.05, 0.1) is 17.7 Å². The minimum Gasteiger partial charge on any atom is -0.355 e. The average Bonchev–Trinajstić information content (AvgIpc) is 4.09. The van der Waals surface area contributed by atoms with Crippen molar-refractivity contribution < 1.29 is 13.9 Å². The number of aromatic nitrogens is 6. The van der Waals surface area contributed by atoms with Crippen molar-refractivity contribution in [2.24, 2.45) is 0 Å². The maximum absolute atomic E-state index is 12.2. The molecule has 0 amide bonds. The van der Waals surface area contributed by atoms with Gasteiger partial charge in [-0.3, -0.25) is 4.79 Å². The maximum atomic E-state index is 12.2. The van der Waals surface area contributed by atoms with Gasteiger partial charge in [0, 0.05) is 99.6 Å². The lowest BCUT2D eigenvalue weighted by Gasteiger charge is -2.24. The van der Waals surface area contributed by atoms with E-state index in [9.17, 15) is 4.79 Å². The minimum atomic E-state index is 0.371. The number of nitrogens with one attached hydrogen (secondary N) is 4. The van der Waals surface area contributed by atoms with Crippen LogP contribution in [-0.2, 0) is 6.42 Å². The molecule has 0 radical (unpaired) electrons. The van der Waals surface area contributed by atoms with Crippen LogP contribution in [0.5, 0.6) is 0 Å². The fraction of sp³-hybridized carbons (Fsp3) is 0.135. The summed E-state index contributed by atoms with van der Waals surface area (Å²) in [6, 6.07) is 48.0. The SMILES string of the molecule is O=Cc1cc2[nH]c1C=c1ccc([nH]1)=Cc1ccc([nH]1)C=c1[nH]c(cc1/C=C(\c1ccccc1)c1cccc[n+]1C1CCC([n+]3ccccc3Cc3ccccc3)CC1)=C2. The van der Waals surface area contributed by atoms with Gasteiger partial charge in [-0.05, 0) is 84.0 Å². The molecule has 0 unspecified atom stereocenters. The molecule has 4 N–H and O–H groups in total. The molecule has 7 heterocycles. The van der Waals surface area contributed by atoms with E-state index in [-0.39, 0.29) is 0 Å². The zero-order valence-corrected chi connectivity index (χ0v) is 32.8. The second-order valence-corrected chi connectivity index (χ2v) is 15.8. The molecular formula is C52H46N6O+2. The van der Waals surface area contributed by atoms with Gasteiger partial charge >= 0.3 is 0 Å². The normalized spacial score (nSPS) is 16.3. The van der Waals surface area contributed by atoms with E-state index in [2.05, 4.69) is 181 Å². The topological polar surface area (TPSA) is 88.0 Å². The molecule has 59 heavy (non-hydrogen) atoms. The molecule has 7 heteroatoms. The van der Waals surface area contributed by atoms with Gasteiger partial charge in [-0.2, -0.15) is 9.13 Å². The summed E-state index contributed by atoms with van der Waals surface area (Å²) < 4.78 is 5.06. The van der Waals surface area contributed by atoms with E-state index in [4.69, 9.17) is 0 Å². The van der Waals surface area contributed by atoms with Crippen LogP contribution in [-0.4, -0.2) is 26.2 Å². The molecule has 8 aromatic rings. The Morgan fingerprint density at radius 2 is 1.22 bits per heavy atom. The summed E-state index contributed by atoms with van der Waals surface area (Å²) in [5, 5.41) is 3.79. The first-order valence-electron chi connectivity index (χ1n) is 20.6. The molecule has 1 aliphatic heterocycles. The molecule has 2 aromatic carbocycles. The number of benzene rings is 2. The van der Waals surface area contributed by atoms with E-state index in [1.807, 2.05) is 24.3 Å². The number of aldehydes is 1. The van der Waals surface area contributed by atoms with E-state index in [1.54, 1.807) is 0 Å². The number of fused-ring (bicyclic) bond motifs is 8. The number of aromatic amines is 4. The third kappa shape index (κ3) is 7.75. The van der Waals surface area contributed by atoms with Crippen LogP contribution in [0.3, 0.4) is 0 Å². The average molecular weight is 771 g/mol. The lowest BCUT2D eigenvalue weighted by atomic mass is 9.89. The highest BCUT2D eigenvalue weighted by atomic mass is 16.1. The Bertz CT molecular complexity index is 3060. The lowest BCUT2D eigenvalue weighted by Crippen LogP contribution is -2.49. The highest BCUT2D eigenvalue weighted by molar-refractivity contribution is 5.89. The highest BCUT2D eigenvalue weighted by Gasteiger charge is 2.35. The smallest absolute Gasteiger partial charge is 0.213 e. The van der Waals surface area contributed by atoms with Gasteiger partial charge in [-0.1, -0.05) is 66.7 Å². The van der Waals surface area contributed by atoms with Crippen LogP contribution in [0.15, 0.2) is 146 Å². The van der Waals surface area contributed by atoms with E-state index in [0.717, 1.165) is 99.3 Å². The molecule has 1 saturated carbocycles. The molecule has 0 atom stereocenters. The van der Waals surface area contributed by atoms with E-state index >= 15 is 0 Å². The second-order valence-electron chi connectivity index (χ2n) is 15.8. The number of pyridine rings is 2. The first-order chi connectivity index (χ1) is 29.1. The van der Waals surface area contributed by atoms with Crippen molar-refractivity contribution in [3.05, 3.63) is 224 Å². The van der Waals surface area contributed by atoms with Crippen molar-refractivity contribution in [1.82, 2.24) is 19.9 Å². The number of carbonyl (C=O) groups excluding carboxylic acids is 1. The molecule has 7 nitrogen and oxygen atoms in total. The quantitative estimate of drug-likeness (QED) is 0.103. The molecule has 8 bridgehead atoms. The summed E-state index contributed by atoms with van der Waals surface area (Å²) in [6.45, 7) is 0. The van der Waals surface area contributed by atoms with Crippen LogP contribution in [0.2, 0.25) is 0 Å². The number of rotatable bonds is 8. The molecule has 1 fully saturated rings. The van der Waals surface area contributed by atoms with Gasteiger partial charge < -0.3 is 19.9 Å². The molecule has 0 spiro atoms. The number of H-pyrrole nitrogens is 4. The van der Waals surface area contributed by atoms with Gasteiger partial charge in [0.15, 0.2) is 36.5 Å². The van der Waals surface area contributed by atoms with E-state index in [0.29, 0.717) is 17.6 Å². The van der Waals surface area contributed by atoms with Gasteiger partial charge in [-0.15, -0.1) is 0 Å². The van der Waals surface area contributed by atoms with Gasteiger partial charge in [0.25, 0.3) is 0 Å². The van der Waals surface area contributed by atoms with E-state index < -0.39 is 0 Å². The predicted octanol–water partition coefficient (Wildman–Crippen LogP) is 6.55. The summed E-state index contributed by atoms with van der Waals surface area (Å²) in [5.41, 5.74) is 11.5. The minimum absolute atomic E-state index is 0.371. The Labute approximate surface area is 342 Å². The van der Waals surface area contributed by atoms with Crippen LogP contribution in [0.25, 0.3) is 36.0 Å². The predicted molar refractivity (Wildman–Crippen MR) is 234 cm³/mol. The van der Waals surface area contributed by atoms with Crippen LogP contribution in [0.1, 0.15) is 99.0 Å². The summed E-state index contributed by atoms with van der Waals surface area (Å²) in [7, 11) is 0. The lowest BCUT2D eigenvalue weighted by molar-refractivity contribution is -0.753. The fourth-order valence-corrected chi connectivity index (χ4v) is 8.97. The fourth-order valence-electron chi connectivity index (χ4n) is 8.97. The van der Waals surface area contributed by atoms with Gasteiger partial charge in [-0.25, -0.2) is 0 Å². The number of hydrogen-bond donors (Lipinski definition) is 4. The third-order valence-electron chi connectivity index (χ3n) is 11.8. The molecule has 10 rings (SSSR count). The van der Waals surface area contributed by atoms with E-state index in [1.165, 1.54) is 17.0 Å². The second kappa shape index (κ2) is 15.9. The molecule has 1 aliphatic carbocycles. The Hall–Kier alpha value is -7.25. The zero-order valence-electron chi connectivity index (χ0n) is 32.8. The molecule has 2 aliphatic rings. The first-order valence-corrected chi connectivity index (χ1v) is 20.6. The molecule has 6 aromatic heterocycles. The third-order valence-corrected chi connectivity index (χ3v) is 11.8. The monoisotopic (exact) mass is 770 g/mol. The number of carbonyl (C=O) groups is 1. The maximum Gasteiger partial charge on any atom is 0.213 e. The van der Waals surface area contributed by atoms with Gasteiger partial charge in [0.2, 0.25) is 5.69 Å². The Morgan fingerprint density at radius 3 is 2.00 bits per heavy atom.